The van der Waals surface area contributed by atoms with Crippen LogP contribution in [0.4, 0.5) is 10.5 Å². The number of carboxylic acids is 3. The van der Waals surface area contributed by atoms with Crippen LogP contribution >= 0.6 is 22.6 Å². The average molecular weight is 1550 g/mol. The van der Waals surface area contributed by atoms with Crippen molar-refractivity contribution in [3.8, 4) is 5.75 Å². The highest BCUT2D eigenvalue weighted by Crippen LogP contribution is 2.24. The Labute approximate surface area is 613 Å². The zero-order valence-electron chi connectivity index (χ0n) is 58.5. The molecule has 8 amide bonds. The minimum absolute atomic E-state index is 0.0199. The smallest absolute Gasteiger partial charge is 0.475 e. The molecular weight excluding hydrogens is 1450 g/mol. The summed E-state index contributed by atoms with van der Waals surface area (Å²) in [7, 11) is 2.33. The van der Waals surface area contributed by atoms with Gasteiger partial charge in [-0.05, 0) is 148 Å². The number of rotatable bonds is 42. The van der Waals surface area contributed by atoms with Crippen molar-refractivity contribution < 1.29 is 92.3 Å². The average Bonchev–Trinajstić information content (AvgIpc) is 0.965. The number of urea groups is 1. The zero-order chi connectivity index (χ0) is 74.5. The van der Waals surface area contributed by atoms with E-state index in [0.29, 0.717) is 120 Å². The Hall–Kier alpha value is -8.20. The number of benzene rings is 3. The van der Waals surface area contributed by atoms with Gasteiger partial charge in [0.05, 0.1) is 82.7 Å². The van der Waals surface area contributed by atoms with Crippen molar-refractivity contribution >= 4 is 106 Å². The first-order chi connectivity index (χ1) is 49.5. The van der Waals surface area contributed by atoms with Crippen LogP contribution in [0.15, 0.2) is 79.0 Å². The largest absolute Gasteiger partial charge is 0.484 e. The van der Waals surface area contributed by atoms with E-state index in [2.05, 4.69) is 74.6 Å². The van der Waals surface area contributed by atoms with Gasteiger partial charge in [0.1, 0.15) is 17.8 Å². The SMILES string of the molecule is CN1CCN(CC(=O)O)CCN(CC(=O)O)CC(Cc2ccc(NC(=O)NCCCC[C@H](NC(=O)CCOCCOCCOCCNC(=O)COc3ccc4c(C(=O)NCC(=O)N5CCC[C@H]5B(O)O)ccnc4c3)C(=O)N[C@@H](CCCCNC(=O)Cc3ccc(I)cc3)C(=O)O)cc2)N(C)CC1. The summed E-state index contributed by atoms with van der Waals surface area (Å²) in [6.07, 6.45) is 4.89. The fraction of sp³-hybridized carbons (Fsp3) is 0.551. The predicted molar refractivity (Wildman–Crippen MR) is 389 cm³/mol. The summed E-state index contributed by atoms with van der Waals surface area (Å²) in [4.78, 5) is 141. The molecule has 1 aromatic heterocycles. The third-order valence-electron chi connectivity index (χ3n) is 17.3. The fourth-order valence-electron chi connectivity index (χ4n) is 11.6. The number of nitrogens with zero attached hydrogens (tertiary/aromatic N) is 6. The normalized spacial score (nSPS) is 16.3. The third-order valence-corrected chi connectivity index (χ3v) is 18.0. The van der Waals surface area contributed by atoms with Crippen LogP contribution < -0.4 is 42.0 Å². The first-order valence-electron chi connectivity index (χ1n) is 34.7. The number of hydrogen-bond donors (Lipinski definition) is 12. The molecule has 0 spiro atoms. The summed E-state index contributed by atoms with van der Waals surface area (Å²) in [5.41, 5.74) is 3.02. The second-order valence-corrected chi connectivity index (χ2v) is 26.6. The van der Waals surface area contributed by atoms with E-state index in [4.69, 9.17) is 18.9 Å². The molecule has 2 saturated heterocycles. The lowest BCUT2D eigenvalue weighted by molar-refractivity contribution is -0.142. The maximum absolute atomic E-state index is 13.8. The number of amides is 8. The molecule has 32 nitrogen and oxygen atoms in total. The van der Waals surface area contributed by atoms with Crippen molar-refractivity contribution in [3.63, 3.8) is 0 Å². The topological polar surface area (TPSA) is 422 Å². The van der Waals surface area contributed by atoms with Gasteiger partial charge in [0.2, 0.25) is 23.6 Å². The summed E-state index contributed by atoms with van der Waals surface area (Å²) < 4.78 is 23.4. The quantitative estimate of drug-likeness (QED) is 0.0165. The van der Waals surface area contributed by atoms with E-state index in [1.807, 2.05) is 60.3 Å². The highest BCUT2D eigenvalue weighted by atomic mass is 127. The monoisotopic (exact) mass is 1550 g/mol. The van der Waals surface area contributed by atoms with E-state index in [0.717, 1.165) is 21.2 Å². The summed E-state index contributed by atoms with van der Waals surface area (Å²) in [5, 5.41) is 68.1. The van der Waals surface area contributed by atoms with Gasteiger partial charge in [-0.3, -0.25) is 53.1 Å². The van der Waals surface area contributed by atoms with E-state index < -0.39 is 78.6 Å². The molecule has 0 saturated carbocycles. The van der Waals surface area contributed by atoms with Gasteiger partial charge in [0, 0.05) is 111 Å². The fourth-order valence-corrected chi connectivity index (χ4v) is 11.9. The Morgan fingerprint density at radius 3 is 1.97 bits per heavy atom. The Bertz CT molecular complexity index is 3380. The van der Waals surface area contributed by atoms with Gasteiger partial charge in [0.15, 0.2) is 6.61 Å². The van der Waals surface area contributed by atoms with Gasteiger partial charge < -0.3 is 96.2 Å². The molecule has 103 heavy (non-hydrogen) atoms. The standard InChI is InChI=1S/C69H99BIN13O19/c1-80-28-30-81(2)52(44-83(46-65(91)92)33-32-82(31-29-80)45-64(89)90)40-48-13-17-51(18-14-48)77-69(97)75-24-6-3-8-56(67(94)79-57(68(95)96)9-4-5-23-73-61(86)41-49-11-15-50(71)16-12-49)78-60(85)22-34-100-36-38-102-39-37-101-35-26-74-62(87)47-103-53-19-20-54-55(21-25-72-58(54)42-53)66(93)76-43-63(88)84-27-7-10-59(84)70(98)99/h11-21,25,42,52,56-57,59,98-99H,3-10,22-24,26-41,43-47H2,1-2H3,(H,73,86)(H,74,87)(H,76,93)(H,78,85)(H,79,94)(H,89,90)(H,91,92)(H,95,96)(H2,75,77,97)/t52?,56-,57-,59-/m0/s1. The number of hydrogen-bond acceptors (Lipinski definition) is 21. The molecule has 12 N–H and O–H groups in total. The Morgan fingerprint density at radius 1 is 0.641 bits per heavy atom. The zero-order valence-corrected chi connectivity index (χ0v) is 60.7. The highest BCUT2D eigenvalue weighted by molar-refractivity contribution is 14.1. The summed E-state index contributed by atoms with van der Waals surface area (Å²) >= 11 is 2.18. The molecule has 4 aromatic rings. The van der Waals surface area contributed by atoms with Crippen molar-refractivity contribution in [1.82, 2.24) is 61.4 Å². The van der Waals surface area contributed by atoms with Gasteiger partial charge in [-0.2, -0.15) is 0 Å². The molecule has 2 aliphatic heterocycles. The van der Waals surface area contributed by atoms with Crippen molar-refractivity contribution in [3.05, 3.63) is 99.3 Å². The number of unbranched alkanes of at least 4 members (excludes halogenated alkanes) is 2. The lowest BCUT2D eigenvalue weighted by atomic mass is 9.78. The number of likely N-dealkylation sites (tertiary alicyclic amines) is 1. The van der Waals surface area contributed by atoms with Crippen molar-refractivity contribution in [2.75, 3.05) is 157 Å². The van der Waals surface area contributed by atoms with Crippen LogP contribution in [0.3, 0.4) is 0 Å². The van der Waals surface area contributed by atoms with E-state index in [1.165, 1.54) is 17.2 Å². The van der Waals surface area contributed by atoms with Crippen molar-refractivity contribution in [1.29, 1.82) is 0 Å². The van der Waals surface area contributed by atoms with Crippen LogP contribution in [0.2, 0.25) is 0 Å². The molecule has 6 rings (SSSR count). The lowest BCUT2D eigenvalue weighted by Gasteiger charge is -2.36. The molecule has 0 aliphatic carbocycles. The molecular formula is C69H99BIN13O19. The molecule has 2 aliphatic rings. The van der Waals surface area contributed by atoms with Gasteiger partial charge in [-0.1, -0.05) is 24.3 Å². The van der Waals surface area contributed by atoms with Crippen LogP contribution in [-0.2, 0) is 65.4 Å². The number of anilines is 1. The van der Waals surface area contributed by atoms with E-state index in [-0.39, 0.29) is 122 Å². The molecule has 3 aromatic carbocycles. The predicted octanol–water partition coefficient (Wildman–Crippen LogP) is 0.644. The number of aliphatic carboxylic acids is 3. The van der Waals surface area contributed by atoms with Crippen LogP contribution in [0.25, 0.3) is 10.9 Å². The second-order valence-electron chi connectivity index (χ2n) is 25.3. The summed E-state index contributed by atoms with van der Waals surface area (Å²) in [6.45, 7) is 4.80. The molecule has 564 valence electrons. The Balaban J connectivity index is 0.883. The first kappa shape index (κ1) is 83.7. The number of halogens is 1. The van der Waals surface area contributed by atoms with Gasteiger partial charge >= 0.3 is 31.1 Å². The summed E-state index contributed by atoms with van der Waals surface area (Å²) in [6, 6.07) is 18.2. The molecule has 0 bridgehead atoms. The maximum atomic E-state index is 13.8. The minimum atomic E-state index is -1.67. The van der Waals surface area contributed by atoms with E-state index >= 15 is 0 Å². The number of likely N-dealkylation sites (N-methyl/N-ethyl adjacent to an activating group) is 2. The number of aromatic nitrogens is 1. The molecule has 0 radical (unpaired) electrons. The second kappa shape index (κ2) is 45.8. The number of ether oxygens (including phenoxy) is 4. The first-order valence-corrected chi connectivity index (χ1v) is 35.8. The van der Waals surface area contributed by atoms with Crippen LogP contribution in [-0.4, -0.2) is 297 Å². The Kier molecular flexibility index (Phi) is 37.2. The number of fused-ring (bicyclic) bond motifs is 1. The number of nitrogens with one attached hydrogen (secondary N) is 7. The number of carboxylic acid groups (broad SMARTS) is 3. The lowest BCUT2D eigenvalue weighted by Crippen LogP contribution is -2.51. The van der Waals surface area contributed by atoms with Crippen LogP contribution in [0, 0.1) is 3.57 Å². The minimum Gasteiger partial charge on any atom is -0.484 e. The van der Waals surface area contributed by atoms with E-state index in [1.54, 1.807) is 30.3 Å². The number of pyridine rings is 1. The van der Waals surface area contributed by atoms with E-state index in [9.17, 15) is 73.3 Å². The van der Waals surface area contributed by atoms with Crippen molar-refractivity contribution in [2.45, 2.75) is 94.7 Å². The number of carbonyl (C=O) groups excluding carboxylic acids is 7. The molecule has 2 fully saturated rings. The molecule has 3 heterocycles. The third kappa shape index (κ3) is 32.2. The van der Waals surface area contributed by atoms with Crippen LogP contribution in [0.1, 0.15) is 79.3 Å². The van der Waals surface area contributed by atoms with Gasteiger partial charge in [-0.25, -0.2) is 9.59 Å². The maximum Gasteiger partial charge on any atom is 0.475 e. The van der Waals surface area contributed by atoms with Gasteiger partial charge in [-0.15, -0.1) is 0 Å². The van der Waals surface area contributed by atoms with Crippen molar-refractivity contribution in [2.24, 2.45) is 0 Å². The number of carbonyl (C=O) groups is 10. The Morgan fingerprint density at radius 2 is 1.27 bits per heavy atom. The van der Waals surface area contributed by atoms with Gasteiger partial charge in [0.25, 0.3) is 11.8 Å². The molecule has 34 heteroatoms. The van der Waals surface area contributed by atoms with Crippen LogP contribution in [0.5, 0.6) is 5.75 Å². The molecule has 1 unspecified atom stereocenters. The summed E-state index contributed by atoms with van der Waals surface area (Å²) in [5.74, 6) is -6.32. The highest BCUT2D eigenvalue weighted by Gasteiger charge is 2.37. The molecule has 4 atom stereocenters.